The lowest BCUT2D eigenvalue weighted by Gasteiger charge is -2.25. The summed E-state index contributed by atoms with van der Waals surface area (Å²) < 4.78 is 42.1. The zero-order valence-electron chi connectivity index (χ0n) is 15.5. The number of hydrogen-bond donors (Lipinski definition) is 2. The highest BCUT2D eigenvalue weighted by molar-refractivity contribution is 7.89. The number of nitrogens with zero attached hydrogens (tertiary/aromatic N) is 1. The molecule has 1 aromatic heterocycles. The zero-order valence-corrected chi connectivity index (χ0v) is 16.3. The van der Waals surface area contributed by atoms with Crippen molar-refractivity contribution in [3.05, 3.63) is 47.8 Å². The molecule has 0 saturated carbocycles. The summed E-state index contributed by atoms with van der Waals surface area (Å²) in [6, 6.07) is 7.90. The van der Waals surface area contributed by atoms with Crippen LogP contribution in [0, 0.1) is 0 Å². The van der Waals surface area contributed by atoms with Crippen LogP contribution in [-0.4, -0.2) is 62.5 Å². The monoisotopic (exact) mass is 423 g/mol. The second-order valence-corrected chi connectivity index (χ2v) is 8.18. The summed E-state index contributed by atoms with van der Waals surface area (Å²) in [6.07, 6.45) is 1.26. The topological polar surface area (TPSA) is 141 Å². The smallest absolute Gasteiger partial charge is 0.355 e. The van der Waals surface area contributed by atoms with E-state index < -0.39 is 21.9 Å². The number of primary amides is 1. The number of esters is 1. The number of sulfonamides is 1. The molecule has 2 aromatic rings. The van der Waals surface area contributed by atoms with Gasteiger partial charge in [0.1, 0.15) is 22.9 Å². The van der Waals surface area contributed by atoms with E-state index in [0.29, 0.717) is 24.5 Å². The van der Waals surface area contributed by atoms with E-state index in [-0.39, 0.29) is 36.9 Å². The van der Waals surface area contributed by atoms with Crippen molar-refractivity contribution in [1.82, 2.24) is 9.29 Å². The first-order valence-electron chi connectivity index (χ1n) is 8.80. The number of aromatic nitrogens is 1. The van der Waals surface area contributed by atoms with E-state index in [9.17, 15) is 18.0 Å². The van der Waals surface area contributed by atoms with Crippen molar-refractivity contribution >= 4 is 21.9 Å². The number of aromatic amines is 1. The molecule has 29 heavy (non-hydrogen) atoms. The van der Waals surface area contributed by atoms with Gasteiger partial charge in [-0.25, -0.2) is 13.2 Å². The normalized spacial score (nSPS) is 15.0. The predicted octanol–water partition coefficient (Wildman–Crippen LogP) is 0.257. The molecule has 3 rings (SSSR count). The molecule has 1 aromatic carbocycles. The molecule has 2 heterocycles. The lowest BCUT2D eigenvalue weighted by molar-refractivity contribution is -0.119. The SMILES string of the molecule is NC(=O)COc1cccc(COC(=O)c2cc(S(=O)(=O)N3CCOCC3)c[nH]2)c1. The third-order valence-electron chi connectivity index (χ3n) is 4.13. The number of nitrogens with two attached hydrogens (primary N) is 1. The van der Waals surface area contributed by atoms with Crippen LogP contribution in [0.2, 0.25) is 0 Å². The van der Waals surface area contributed by atoms with E-state index >= 15 is 0 Å². The van der Waals surface area contributed by atoms with Gasteiger partial charge in [0, 0.05) is 19.3 Å². The molecular weight excluding hydrogens is 402 g/mol. The summed E-state index contributed by atoms with van der Waals surface area (Å²) in [6.45, 7) is 0.883. The largest absolute Gasteiger partial charge is 0.484 e. The van der Waals surface area contributed by atoms with Gasteiger partial charge in [-0.2, -0.15) is 4.31 Å². The van der Waals surface area contributed by atoms with E-state index in [4.69, 9.17) is 19.9 Å². The third kappa shape index (κ3) is 5.34. The molecule has 10 nitrogen and oxygen atoms in total. The van der Waals surface area contributed by atoms with Crippen molar-refractivity contribution in [3.8, 4) is 5.75 Å². The number of benzene rings is 1. The summed E-state index contributed by atoms with van der Waals surface area (Å²) in [5, 5.41) is 0. The fourth-order valence-corrected chi connectivity index (χ4v) is 4.09. The molecule has 0 spiro atoms. The molecule has 3 N–H and O–H groups in total. The van der Waals surface area contributed by atoms with Gasteiger partial charge in [0.15, 0.2) is 6.61 Å². The van der Waals surface area contributed by atoms with Crippen molar-refractivity contribution in [2.24, 2.45) is 5.73 Å². The Hall–Kier alpha value is -2.89. The minimum absolute atomic E-state index is 0.00630. The van der Waals surface area contributed by atoms with Crippen molar-refractivity contribution in [3.63, 3.8) is 0 Å². The first-order valence-corrected chi connectivity index (χ1v) is 10.2. The minimum Gasteiger partial charge on any atom is -0.484 e. The van der Waals surface area contributed by atoms with Gasteiger partial charge in [-0.05, 0) is 23.8 Å². The number of ether oxygens (including phenoxy) is 3. The maximum atomic E-state index is 12.6. The van der Waals surface area contributed by atoms with Gasteiger partial charge in [0.2, 0.25) is 10.0 Å². The standard InChI is InChI=1S/C18H21N3O7S/c19-17(22)12-27-14-3-1-2-13(8-14)11-28-18(23)16-9-15(10-20-16)29(24,25)21-4-6-26-7-5-21/h1-3,8-10,20H,4-7,11-12H2,(H2,19,22). The Morgan fingerprint density at radius 2 is 1.97 bits per heavy atom. The van der Waals surface area contributed by atoms with Crippen LogP contribution in [0.15, 0.2) is 41.4 Å². The van der Waals surface area contributed by atoms with Crippen LogP contribution in [0.25, 0.3) is 0 Å². The molecule has 1 saturated heterocycles. The molecule has 11 heteroatoms. The summed E-state index contributed by atoms with van der Waals surface area (Å²) in [4.78, 5) is 25.7. The summed E-state index contributed by atoms with van der Waals surface area (Å²) in [5.41, 5.74) is 5.69. The van der Waals surface area contributed by atoms with Crippen LogP contribution in [0.1, 0.15) is 16.1 Å². The number of hydrogen-bond acceptors (Lipinski definition) is 7. The van der Waals surface area contributed by atoms with Crippen LogP contribution in [0.5, 0.6) is 5.75 Å². The van der Waals surface area contributed by atoms with Gasteiger partial charge in [-0.3, -0.25) is 4.79 Å². The number of morpholine rings is 1. The number of nitrogens with one attached hydrogen (secondary N) is 1. The molecule has 1 fully saturated rings. The van der Waals surface area contributed by atoms with Gasteiger partial charge in [-0.15, -0.1) is 0 Å². The first kappa shape index (κ1) is 20.8. The van der Waals surface area contributed by atoms with Crippen LogP contribution in [0.4, 0.5) is 0 Å². The van der Waals surface area contributed by atoms with E-state index in [2.05, 4.69) is 4.98 Å². The predicted molar refractivity (Wildman–Crippen MR) is 101 cm³/mol. The number of amides is 1. The van der Waals surface area contributed by atoms with Crippen LogP contribution >= 0.6 is 0 Å². The summed E-state index contributed by atoms with van der Waals surface area (Å²) in [5.74, 6) is -0.885. The molecule has 156 valence electrons. The fraction of sp³-hybridized carbons (Fsp3) is 0.333. The van der Waals surface area contributed by atoms with Crippen LogP contribution in [0.3, 0.4) is 0 Å². The van der Waals surface area contributed by atoms with E-state index in [1.165, 1.54) is 16.6 Å². The van der Waals surface area contributed by atoms with Gasteiger partial charge in [0.05, 0.1) is 13.2 Å². The summed E-state index contributed by atoms with van der Waals surface area (Å²) >= 11 is 0. The highest BCUT2D eigenvalue weighted by Crippen LogP contribution is 2.19. The van der Waals surface area contributed by atoms with Crippen molar-refractivity contribution < 1.29 is 32.2 Å². The quantitative estimate of drug-likeness (QED) is 0.580. The Morgan fingerprint density at radius 3 is 2.69 bits per heavy atom. The Labute approximate surface area is 167 Å². The second-order valence-electron chi connectivity index (χ2n) is 6.24. The van der Waals surface area contributed by atoms with Crippen LogP contribution in [-0.2, 0) is 30.9 Å². The molecule has 1 amide bonds. The molecule has 0 aliphatic carbocycles. The second kappa shape index (κ2) is 9.07. The molecule has 1 aliphatic rings. The highest BCUT2D eigenvalue weighted by Gasteiger charge is 2.28. The average Bonchev–Trinajstić information content (AvgIpc) is 3.23. The van der Waals surface area contributed by atoms with Crippen molar-refractivity contribution in [2.45, 2.75) is 11.5 Å². The number of carbonyl (C=O) groups excluding carboxylic acids is 2. The highest BCUT2D eigenvalue weighted by atomic mass is 32.2. The maximum Gasteiger partial charge on any atom is 0.355 e. The zero-order chi connectivity index (χ0) is 20.9. The number of H-pyrrole nitrogens is 1. The average molecular weight is 423 g/mol. The van der Waals surface area contributed by atoms with Gasteiger partial charge < -0.3 is 24.9 Å². The maximum absolute atomic E-state index is 12.6. The fourth-order valence-electron chi connectivity index (χ4n) is 2.68. The van der Waals surface area contributed by atoms with Gasteiger partial charge >= 0.3 is 5.97 Å². The lowest BCUT2D eigenvalue weighted by Crippen LogP contribution is -2.40. The molecule has 0 radical (unpaired) electrons. The van der Waals surface area contributed by atoms with Gasteiger partial charge in [-0.1, -0.05) is 12.1 Å². The Bertz CT molecular complexity index is 981. The Morgan fingerprint density at radius 1 is 1.21 bits per heavy atom. The minimum atomic E-state index is -3.70. The first-order chi connectivity index (χ1) is 13.9. The summed E-state index contributed by atoms with van der Waals surface area (Å²) in [7, 11) is -3.70. The van der Waals surface area contributed by atoms with Crippen molar-refractivity contribution in [2.75, 3.05) is 32.9 Å². The van der Waals surface area contributed by atoms with E-state index in [1.54, 1.807) is 24.3 Å². The third-order valence-corrected chi connectivity index (χ3v) is 6.01. The molecule has 0 atom stereocenters. The van der Waals surface area contributed by atoms with Gasteiger partial charge in [0.25, 0.3) is 5.91 Å². The molecular formula is C18H21N3O7S. The molecule has 0 bridgehead atoms. The number of rotatable bonds is 8. The molecule has 1 aliphatic heterocycles. The lowest BCUT2D eigenvalue weighted by atomic mass is 10.2. The Kier molecular flexibility index (Phi) is 6.52. The van der Waals surface area contributed by atoms with E-state index in [1.807, 2.05) is 0 Å². The Balaban J connectivity index is 1.61. The molecule has 0 unspecified atom stereocenters. The van der Waals surface area contributed by atoms with Crippen LogP contribution < -0.4 is 10.5 Å². The van der Waals surface area contributed by atoms with Crippen molar-refractivity contribution in [1.29, 1.82) is 0 Å². The van der Waals surface area contributed by atoms with E-state index in [0.717, 1.165) is 0 Å². The number of carbonyl (C=O) groups is 2.